The van der Waals surface area contributed by atoms with Gasteiger partial charge in [0.05, 0.1) is 5.54 Å². The van der Waals surface area contributed by atoms with Gasteiger partial charge >= 0.3 is 0 Å². The third kappa shape index (κ3) is 4.45. The molecule has 116 valence electrons. The maximum atomic E-state index is 11.7. The number of carbonyl (C=O) groups is 1. The molecule has 0 aromatic carbocycles. The van der Waals surface area contributed by atoms with Crippen LogP contribution in [0.4, 0.5) is 0 Å². The molecule has 0 aromatic rings. The lowest BCUT2D eigenvalue weighted by molar-refractivity contribution is -0.124. The minimum atomic E-state index is -0.526. The second-order valence-electron chi connectivity index (χ2n) is 6.94. The quantitative estimate of drug-likeness (QED) is 0.714. The van der Waals surface area contributed by atoms with Crippen LogP contribution in [0.3, 0.4) is 0 Å². The SMILES string of the molecule is CCCC1CCN(CCC(C)(NC2CC2)C(N)=O)CC1. The first-order valence-electron chi connectivity index (χ1n) is 8.33. The molecule has 1 unspecified atom stereocenters. The average molecular weight is 281 g/mol. The molecule has 1 aliphatic carbocycles. The smallest absolute Gasteiger partial charge is 0.237 e. The summed E-state index contributed by atoms with van der Waals surface area (Å²) in [4.78, 5) is 14.2. The summed E-state index contributed by atoms with van der Waals surface area (Å²) >= 11 is 0. The number of rotatable bonds is 8. The van der Waals surface area contributed by atoms with Crippen molar-refractivity contribution >= 4 is 5.91 Å². The van der Waals surface area contributed by atoms with Crippen LogP contribution in [-0.4, -0.2) is 42.0 Å². The Morgan fingerprint density at radius 2 is 1.95 bits per heavy atom. The van der Waals surface area contributed by atoms with Crippen molar-refractivity contribution < 1.29 is 4.79 Å². The largest absolute Gasteiger partial charge is 0.368 e. The lowest BCUT2D eigenvalue weighted by Gasteiger charge is -2.35. The minimum absolute atomic E-state index is 0.203. The highest BCUT2D eigenvalue weighted by molar-refractivity contribution is 5.84. The van der Waals surface area contributed by atoms with Gasteiger partial charge in [-0.05, 0) is 58.0 Å². The van der Waals surface area contributed by atoms with Gasteiger partial charge in [0.2, 0.25) is 5.91 Å². The van der Waals surface area contributed by atoms with Gasteiger partial charge in [0.15, 0.2) is 0 Å². The Labute approximate surface area is 123 Å². The summed E-state index contributed by atoms with van der Waals surface area (Å²) in [6.07, 6.45) is 8.51. The van der Waals surface area contributed by atoms with Gasteiger partial charge in [-0.15, -0.1) is 0 Å². The van der Waals surface area contributed by atoms with Crippen LogP contribution >= 0.6 is 0 Å². The Morgan fingerprint density at radius 3 is 2.45 bits per heavy atom. The van der Waals surface area contributed by atoms with E-state index in [2.05, 4.69) is 17.1 Å². The summed E-state index contributed by atoms with van der Waals surface area (Å²) in [6, 6.07) is 0.516. The molecule has 4 heteroatoms. The van der Waals surface area contributed by atoms with Crippen LogP contribution in [0.5, 0.6) is 0 Å². The highest BCUT2D eigenvalue weighted by atomic mass is 16.1. The van der Waals surface area contributed by atoms with Crippen LogP contribution in [0, 0.1) is 5.92 Å². The fourth-order valence-corrected chi connectivity index (χ4v) is 3.23. The number of carbonyl (C=O) groups excluding carboxylic acids is 1. The molecule has 1 amide bonds. The molecule has 20 heavy (non-hydrogen) atoms. The van der Waals surface area contributed by atoms with Crippen molar-refractivity contribution in [1.29, 1.82) is 0 Å². The van der Waals surface area contributed by atoms with E-state index in [1.54, 1.807) is 0 Å². The topological polar surface area (TPSA) is 58.4 Å². The highest BCUT2D eigenvalue weighted by Gasteiger charge is 2.37. The summed E-state index contributed by atoms with van der Waals surface area (Å²) in [5.41, 5.74) is 5.08. The van der Waals surface area contributed by atoms with Gasteiger partial charge in [-0.2, -0.15) is 0 Å². The van der Waals surface area contributed by atoms with Gasteiger partial charge < -0.3 is 16.0 Å². The third-order valence-electron chi connectivity index (χ3n) is 4.98. The molecule has 0 bridgehead atoms. The number of nitrogens with zero attached hydrogens (tertiary/aromatic N) is 1. The number of piperidine rings is 1. The summed E-state index contributed by atoms with van der Waals surface area (Å²) in [5, 5.41) is 3.43. The maximum Gasteiger partial charge on any atom is 0.237 e. The summed E-state index contributed by atoms with van der Waals surface area (Å²) in [5.74, 6) is 0.716. The van der Waals surface area contributed by atoms with Crippen molar-refractivity contribution in [1.82, 2.24) is 10.2 Å². The zero-order chi connectivity index (χ0) is 14.6. The Kier molecular flexibility index (Phi) is 5.44. The van der Waals surface area contributed by atoms with E-state index in [0.29, 0.717) is 6.04 Å². The monoisotopic (exact) mass is 281 g/mol. The first-order valence-corrected chi connectivity index (χ1v) is 8.33. The second-order valence-corrected chi connectivity index (χ2v) is 6.94. The molecule has 0 spiro atoms. The molecule has 1 aliphatic heterocycles. The standard InChI is InChI=1S/C16H31N3O/c1-3-4-13-7-10-19(11-8-13)12-9-16(2,15(17)20)18-14-5-6-14/h13-14,18H,3-12H2,1-2H3,(H2,17,20). The molecule has 0 aromatic heterocycles. The summed E-state index contributed by atoms with van der Waals surface area (Å²) < 4.78 is 0. The van der Waals surface area contributed by atoms with Crippen molar-refractivity contribution in [3.05, 3.63) is 0 Å². The lowest BCUT2D eigenvalue weighted by atomic mass is 9.91. The molecule has 1 heterocycles. The average Bonchev–Trinajstić information content (AvgIpc) is 3.22. The van der Waals surface area contributed by atoms with E-state index in [-0.39, 0.29) is 5.91 Å². The zero-order valence-electron chi connectivity index (χ0n) is 13.2. The molecular formula is C16H31N3O. The molecule has 3 N–H and O–H groups in total. The van der Waals surface area contributed by atoms with E-state index in [9.17, 15) is 4.79 Å². The van der Waals surface area contributed by atoms with E-state index >= 15 is 0 Å². The molecule has 2 fully saturated rings. The number of hydrogen-bond donors (Lipinski definition) is 2. The fraction of sp³-hybridized carbons (Fsp3) is 0.938. The number of hydrogen-bond acceptors (Lipinski definition) is 3. The van der Waals surface area contributed by atoms with Crippen molar-refractivity contribution in [2.75, 3.05) is 19.6 Å². The van der Waals surface area contributed by atoms with Crippen molar-refractivity contribution in [2.24, 2.45) is 11.7 Å². The van der Waals surface area contributed by atoms with Gasteiger partial charge in [-0.1, -0.05) is 19.8 Å². The minimum Gasteiger partial charge on any atom is -0.368 e. The molecule has 2 aliphatic rings. The number of nitrogens with one attached hydrogen (secondary N) is 1. The van der Waals surface area contributed by atoms with Crippen LogP contribution in [-0.2, 0) is 4.79 Å². The second kappa shape index (κ2) is 6.90. The molecule has 1 saturated heterocycles. The predicted octanol–water partition coefficient (Wildman–Crippen LogP) is 1.88. The first-order chi connectivity index (χ1) is 9.53. The lowest BCUT2D eigenvalue weighted by Crippen LogP contribution is -2.55. The van der Waals surface area contributed by atoms with Gasteiger partial charge in [0.1, 0.15) is 0 Å². The summed E-state index contributed by atoms with van der Waals surface area (Å²) in [7, 11) is 0. The van der Waals surface area contributed by atoms with E-state index in [0.717, 1.165) is 18.9 Å². The van der Waals surface area contributed by atoms with E-state index < -0.39 is 5.54 Å². The Balaban J connectivity index is 1.74. The fourth-order valence-electron chi connectivity index (χ4n) is 3.23. The highest BCUT2D eigenvalue weighted by Crippen LogP contribution is 2.25. The van der Waals surface area contributed by atoms with Crippen molar-refractivity contribution in [3.63, 3.8) is 0 Å². The van der Waals surface area contributed by atoms with Crippen LogP contribution in [0.25, 0.3) is 0 Å². The van der Waals surface area contributed by atoms with E-state index in [4.69, 9.17) is 5.73 Å². The number of amides is 1. The number of nitrogens with two attached hydrogens (primary N) is 1. The Bertz CT molecular complexity index is 322. The molecular weight excluding hydrogens is 250 g/mol. The predicted molar refractivity (Wildman–Crippen MR) is 82.4 cm³/mol. The van der Waals surface area contributed by atoms with E-state index in [1.165, 1.54) is 51.6 Å². The van der Waals surface area contributed by atoms with Crippen LogP contribution in [0.2, 0.25) is 0 Å². The van der Waals surface area contributed by atoms with Crippen molar-refractivity contribution in [2.45, 2.75) is 70.4 Å². The van der Waals surface area contributed by atoms with Crippen LogP contribution in [0.1, 0.15) is 58.8 Å². The first kappa shape index (κ1) is 15.8. The maximum absolute atomic E-state index is 11.7. The van der Waals surface area contributed by atoms with Gasteiger partial charge in [0.25, 0.3) is 0 Å². The van der Waals surface area contributed by atoms with Gasteiger partial charge in [0, 0.05) is 12.6 Å². The molecule has 4 nitrogen and oxygen atoms in total. The normalized spacial score (nSPS) is 24.5. The number of primary amides is 1. The summed E-state index contributed by atoms with van der Waals surface area (Å²) in [6.45, 7) is 7.59. The molecule has 1 saturated carbocycles. The number of likely N-dealkylation sites (tertiary alicyclic amines) is 1. The van der Waals surface area contributed by atoms with Gasteiger partial charge in [-0.25, -0.2) is 0 Å². The Morgan fingerprint density at radius 1 is 1.30 bits per heavy atom. The third-order valence-corrected chi connectivity index (χ3v) is 4.98. The molecule has 1 atom stereocenters. The molecule has 2 rings (SSSR count). The van der Waals surface area contributed by atoms with Crippen molar-refractivity contribution in [3.8, 4) is 0 Å². The zero-order valence-corrected chi connectivity index (χ0v) is 13.2. The van der Waals surface area contributed by atoms with Gasteiger partial charge in [-0.3, -0.25) is 4.79 Å². The Hall–Kier alpha value is -0.610. The van der Waals surface area contributed by atoms with Crippen LogP contribution < -0.4 is 11.1 Å². The van der Waals surface area contributed by atoms with E-state index in [1.807, 2.05) is 6.92 Å². The molecule has 0 radical (unpaired) electrons. The van der Waals surface area contributed by atoms with Crippen LogP contribution in [0.15, 0.2) is 0 Å².